The van der Waals surface area contributed by atoms with Gasteiger partial charge in [0.15, 0.2) is 11.5 Å². The van der Waals surface area contributed by atoms with E-state index in [9.17, 15) is 8.78 Å². The monoisotopic (exact) mass is 243 g/mol. The Balaban J connectivity index is 2.13. The van der Waals surface area contributed by atoms with Crippen LogP contribution in [-0.2, 0) is 6.42 Å². The van der Waals surface area contributed by atoms with Crippen LogP contribution in [0.5, 0.6) is 11.5 Å². The summed E-state index contributed by atoms with van der Waals surface area (Å²) in [5.74, 6) is 0.537. The Hall–Kier alpha value is -1.36. The highest BCUT2D eigenvalue weighted by atomic mass is 19.3. The molecule has 1 unspecified atom stereocenters. The second-order valence-corrected chi connectivity index (χ2v) is 4.16. The smallest absolute Gasteiger partial charge is 0.395 e. The lowest BCUT2D eigenvalue weighted by Gasteiger charge is -2.11. The lowest BCUT2D eigenvalue weighted by Crippen LogP contribution is -2.25. The van der Waals surface area contributed by atoms with Crippen LogP contribution in [0.3, 0.4) is 0 Å². The van der Waals surface area contributed by atoms with Crippen molar-refractivity contribution in [3.8, 4) is 11.5 Å². The molecule has 1 aliphatic heterocycles. The van der Waals surface area contributed by atoms with E-state index in [1.807, 2.05) is 0 Å². The van der Waals surface area contributed by atoms with E-state index in [0.29, 0.717) is 12.5 Å². The van der Waals surface area contributed by atoms with Crippen molar-refractivity contribution in [1.29, 1.82) is 0 Å². The highest BCUT2D eigenvalue weighted by Crippen LogP contribution is 2.41. The van der Waals surface area contributed by atoms with E-state index in [0.717, 1.165) is 18.4 Å². The first-order valence-electron chi connectivity index (χ1n) is 5.63. The van der Waals surface area contributed by atoms with Crippen LogP contribution >= 0.6 is 0 Å². The first kappa shape index (κ1) is 12.1. The van der Waals surface area contributed by atoms with Gasteiger partial charge in [-0.25, -0.2) is 0 Å². The van der Waals surface area contributed by atoms with Gasteiger partial charge in [0, 0.05) is 0 Å². The molecule has 0 fully saturated rings. The molecule has 5 heteroatoms. The van der Waals surface area contributed by atoms with Gasteiger partial charge < -0.3 is 15.2 Å². The molecular weight excluding hydrogens is 228 g/mol. The molecule has 1 atom stereocenters. The van der Waals surface area contributed by atoms with Gasteiger partial charge in [0.05, 0.1) is 0 Å². The Labute approximate surface area is 98.5 Å². The van der Waals surface area contributed by atoms with Crippen LogP contribution in [-0.4, -0.2) is 12.8 Å². The zero-order valence-electron chi connectivity index (χ0n) is 9.58. The summed E-state index contributed by atoms with van der Waals surface area (Å²) in [5, 5.41) is 0. The predicted octanol–water partition coefficient (Wildman–Crippen LogP) is 2.54. The first-order valence-corrected chi connectivity index (χ1v) is 5.63. The molecule has 0 amide bonds. The number of hydrogen-bond acceptors (Lipinski definition) is 3. The largest absolute Gasteiger partial charge is 0.586 e. The number of ether oxygens (including phenoxy) is 2. The van der Waals surface area contributed by atoms with Gasteiger partial charge in [-0.05, 0) is 36.6 Å². The Kier molecular flexibility index (Phi) is 3.19. The van der Waals surface area contributed by atoms with E-state index in [4.69, 9.17) is 5.73 Å². The lowest BCUT2D eigenvalue weighted by molar-refractivity contribution is -0.286. The minimum Gasteiger partial charge on any atom is -0.395 e. The summed E-state index contributed by atoms with van der Waals surface area (Å²) in [6.07, 6.45) is -1.82. The van der Waals surface area contributed by atoms with Gasteiger partial charge in [0.2, 0.25) is 0 Å². The van der Waals surface area contributed by atoms with Gasteiger partial charge in [-0.2, -0.15) is 0 Å². The molecule has 1 aromatic carbocycles. The molecule has 3 nitrogen and oxygen atoms in total. The van der Waals surface area contributed by atoms with Crippen molar-refractivity contribution in [2.75, 3.05) is 6.54 Å². The predicted molar refractivity (Wildman–Crippen MR) is 59.2 cm³/mol. The van der Waals surface area contributed by atoms with Crippen molar-refractivity contribution >= 4 is 0 Å². The molecule has 0 bridgehead atoms. The van der Waals surface area contributed by atoms with Gasteiger partial charge in [-0.3, -0.25) is 0 Å². The number of hydrogen-bond donors (Lipinski definition) is 1. The Morgan fingerprint density at radius 1 is 1.29 bits per heavy atom. The fraction of sp³-hybridized carbons (Fsp3) is 0.500. The van der Waals surface area contributed by atoms with E-state index in [1.54, 1.807) is 12.1 Å². The van der Waals surface area contributed by atoms with Crippen LogP contribution in [0.2, 0.25) is 0 Å². The van der Waals surface area contributed by atoms with Crippen molar-refractivity contribution in [3.05, 3.63) is 23.8 Å². The number of rotatable bonds is 4. The highest BCUT2D eigenvalue weighted by Gasteiger charge is 2.43. The van der Waals surface area contributed by atoms with E-state index < -0.39 is 6.29 Å². The first-order chi connectivity index (χ1) is 8.04. The summed E-state index contributed by atoms with van der Waals surface area (Å²) in [7, 11) is 0. The second kappa shape index (κ2) is 4.49. The van der Waals surface area contributed by atoms with Crippen molar-refractivity contribution in [2.24, 2.45) is 11.7 Å². The molecule has 17 heavy (non-hydrogen) atoms. The summed E-state index contributed by atoms with van der Waals surface area (Å²) < 4.78 is 34.3. The minimum absolute atomic E-state index is 0.0829. The van der Waals surface area contributed by atoms with Crippen molar-refractivity contribution < 1.29 is 18.3 Å². The zero-order chi connectivity index (χ0) is 12.5. The van der Waals surface area contributed by atoms with Crippen LogP contribution in [0.15, 0.2) is 18.2 Å². The van der Waals surface area contributed by atoms with Crippen LogP contribution in [0.4, 0.5) is 8.78 Å². The maximum Gasteiger partial charge on any atom is 0.586 e. The fourth-order valence-electron chi connectivity index (χ4n) is 1.85. The van der Waals surface area contributed by atoms with Crippen LogP contribution < -0.4 is 15.2 Å². The van der Waals surface area contributed by atoms with Crippen molar-refractivity contribution in [3.63, 3.8) is 0 Å². The average Bonchev–Trinajstić information content (AvgIpc) is 2.58. The standard InChI is InChI=1S/C12H15F2NO2/c1-2-8(7-15)5-9-3-4-10-11(6-9)17-12(13,14)16-10/h3-4,6,8H,2,5,7,15H2,1H3. The molecule has 0 spiro atoms. The highest BCUT2D eigenvalue weighted by molar-refractivity contribution is 5.45. The number of benzene rings is 1. The third-order valence-electron chi connectivity index (χ3n) is 2.90. The Morgan fingerprint density at radius 3 is 2.65 bits per heavy atom. The molecule has 0 aliphatic carbocycles. The lowest BCUT2D eigenvalue weighted by atomic mass is 9.97. The van der Waals surface area contributed by atoms with Gasteiger partial charge in [-0.15, -0.1) is 8.78 Å². The summed E-state index contributed by atoms with van der Waals surface area (Å²) >= 11 is 0. The Morgan fingerprint density at radius 2 is 2.00 bits per heavy atom. The number of nitrogens with two attached hydrogens (primary N) is 1. The Bertz CT molecular complexity index is 405. The normalized spacial score (nSPS) is 18.1. The average molecular weight is 243 g/mol. The third-order valence-corrected chi connectivity index (χ3v) is 2.90. The molecule has 1 aliphatic rings. The molecule has 2 rings (SSSR count). The number of alkyl halides is 2. The summed E-state index contributed by atoms with van der Waals surface area (Å²) in [5.41, 5.74) is 6.54. The summed E-state index contributed by atoms with van der Waals surface area (Å²) in [6.45, 7) is 2.64. The van der Waals surface area contributed by atoms with Gasteiger partial charge in [0.1, 0.15) is 0 Å². The fourth-order valence-corrected chi connectivity index (χ4v) is 1.85. The molecule has 0 radical (unpaired) electrons. The topological polar surface area (TPSA) is 44.5 Å². The maximum atomic E-state index is 12.8. The molecule has 94 valence electrons. The van der Waals surface area contributed by atoms with Gasteiger partial charge in [0.25, 0.3) is 0 Å². The number of fused-ring (bicyclic) bond motifs is 1. The third kappa shape index (κ3) is 2.66. The quantitative estimate of drug-likeness (QED) is 0.883. The molecule has 2 N–H and O–H groups in total. The van der Waals surface area contributed by atoms with Crippen molar-refractivity contribution in [2.45, 2.75) is 26.1 Å². The van der Waals surface area contributed by atoms with E-state index in [-0.39, 0.29) is 11.5 Å². The molecular formula is C12H15F2NO2. The number of halogens is 2. The SMILES string of the molecule is CCC(CN)Cc1ccc2c(c1)OC(F)(F)O2. The van der Waals surface area contributed by atoms with Crippen molar-refractivity contribution in [1.82, 2.24) is 0 Å². The summed E-state index contributed by atoms with van der Waals surface area (Å²) in [4.78, 5) is 0. The molecule has 1 aromatic rings. The van der Waals surface area contributed by atoms with Crippen LogP contribution in [0.1, 0.15) is 18.9 Å². The molecule has 1 heterocycles. The van der Waals surface area contributed by atoms with E-state index in [2.05, 4.69) is 16.4 Å². The van der Waals surface area contributed by atoms with Gasteiger partial charge >= 0.3 is 6.29 Å². The van der Waals surface area contributed by atoms with Gasteiger partial charge in [-0.1, -0.05) is 19.4 Å². The second-order valence-electron chi connectivity index (χ2n) is 4.16. The van der Waals surface area contributed by atoms with E-state index >= 15 is 0 Å². The van der Waals surface area contributed by atoms with Crippen LogP contribution in [0, 0.1) is 5.92 Å². The van der Waals surface area contributed by atoms with Crippen LogP contribution in [0.25, 0.3) is 0 Å². The molecule has 0 saturated heterocycles. The molecule has 0 saturated carbocycles. The molecule has 0 aromatic heterocycles. The maximum absolute atomic E-state index is 12.8. The minimum atomic E-state index is -3.54. The summed E-state index contributed by atoms with van der Waals surface area (Å²) in [6, 6.07) is 4.87. The van der Waals surface area contributed by atoms with E-state index in [1.165, 1.54) is 6.07 Å². The zero-order valence-corrected chi connectivity index (χ0v) is 9.58.